The second-order valence-electron chi connectivity index (χ2n) is 4.68. The highest BCUT2D eigenvalue weighted by atomic mass is 79.9. The molecule has 3 aromatic rings. The summed E-state index contributed by atoms with van der Waals surface area (Å²) in [4.78, 5) is 0. The lowest BCUT2D eigenvalue weighted by molar-refractivity contribution is 0.935. The molecule has 110 valence electrons. The average molecular weight is 392 g/mol. The van der Waals surface area contributed by atoms with E-state index in [-0.39, 0.29) is 0 Å². The summed E-state index contributed by atoms with van der Waals surface area (Å²) in [6, 6.07) is 19.9. The highest BCUT2D eigenvalue weighted by Gasteiger charge is 2.02. The molecule has 0 saturated carbocycles. The molecule has 0 unspecified atom stereocenters. The fourth-order valence-electron chi connectivity index (χ4n) is 1.91. The van der Waals surface area contributed by atoms with Crippen LogP contribution in [0.15, 0.2) is 70.2 Å². The number of hydrogen-bond donors (Lipinski definition) is 0. The molecule has 0 aliphatic rings. The molecular weight excluding hydrogens is 380 g/mol. The first-order valence-corrected chi connectivity index (χ1v) is 8.83. The van der Waals surface area contributed by atoms with Crippen molar-refractivity contribution >= 4 is 39.3 Å². The van der Waals surface area contributed by atoms with Crippen LogP contribution in [-0.2, 0) is 5.75 Å². The van der Waals surface area contributed by atoms with E-state index < -0.39 is 0 Å². The van der Waals surface area contributed by atoms with Crippen molar-refractivity contribution in [3.8, 4) is 11.3 Å². The molecule has 2 nitrogen and oxygen atoms in total. The molecule has 1 heterocycles. The second kappa shape index (κ2) is 7.27. The summed E-state index contributed by atoms with van der Waals surface area (Å²) in [6.45, 7) is 0. The van der Waals surface area contributed by atoms with Gasteiger partial charge in [-0.1, -0.05) is 63.6 Å². The summed E-state index contributed by atoms with van der Waals surface area (Å²) in [7, 11) is 0. The minimum atomic E-state index is 0.721. The quantitative estimate of drug-likeness (QED) is 0.522. The molecular formula is C17H12BrClN2S. The maximum absolute atomic E-state index is 5.89. The summed E-state index contributed by atoms with van der Waals surface area (Å²) in [5.74, 6) is 0.877. The Kier molecular flexibility index (Phi) is 5.13. The lowest BCUT2D eigenvalue weighted by Crippen LogP contribution is -1.90. The summed E-state index contributed by atoms with van der Waals surface area (Å²) in [6.07, 6.45) is 0. The molecule has 1 aromatic heterocycles. The van der Waals surface area contributed by atoms with Crippen LogP contribution in [0.4, 0.5) is 0 Å². The number of benzene rings is 2. The van der Waals surface area contributed by atoms with E-state index in [0.717, 1.165) is 31.5 Å². The highest BCUT2D eigenvalue weighted by Crippen LogP contribution is 2.24. The van der Waals surface area contributed by atoms with Crippen molar-refractivity contribution in [2.75, 3.05) is 0 Å². The monoisotopic (exact) mass is 390 g/mol. The summed E-state index contributed by atoms with van der Waals surface area (Å²) in [5.41, 5.74) is 3.13. The van der Waals surface area contributed by atoms with Gasteiger partial charge in [-0.2, -0.15) is 0 Å². The predicted octanol–water partition coefficient (Wildman–Crippen LogP) is 5.85. The Morgan fingerprint density at radius 2 is 1.59 bits per heavy atom. The van der Waals surface area contributed by atoms with Crippen LogP contribution in [0.3, 0.4) is 0 Å². The smallest absolute Gasteiger partial charge is 0.119 e. The Bertz CT molecular complexity index is 743. The molecule has 0 saturated heterocycles. The van der Waals surface area contributed by atoms with Crippen LogP contribution in [0.5, 0.6) is 0 Å². The third kappa shape index (κ3) is 4.09. The summed E-state index contributed by atoms with van der Waals surface area (Å²) < 4.78 is 1.09. The van der Waals surface area contributed by atoms with Gasteiger partial charge in [0.05, 0.1) is 5.69 Å². The Morgan fingerprint density at radius 3 is 2.23 bits per heavy atom. The number of hydrogen-bond acceptors (Lipinski definition) is 3. The Labute approximate surface area is 147 Å². The van der Waals surface area contributed by atoms with Gasteiger partial charge in [-0.25, -0.2) is 0 Å². The van der Waals surface area contributed by atoms with Gasteiger partial charge in [-0.05, 0) is 42.0 Å². The van der Waals surface area contributed by atoms with E-state index in [9.17, 15) is 0 Å². The molecule has 0 amide bonds. The topological polar surface area (TPSA) is 25.8 Å². The first kappa shape index (κ1) is 15.5. The second-order valence-corrected chi connectivity index (χ2v) is 7.03. The van der Waals surface area contributed by atoms with Gasteiger partial charge < -0.3 is 0 Å². The molecule has 3 rings (SSSR count). The normalized spacial score (nSPS) is 10.6. The number of aromatic nitrogens is 2. The molecule has 0 bridgehead atoms. The molecule has 2 aromatic carbocycles. The Morgan fingerprint density at radius 1 is 0.864 bits per heavy atom. The molecule has 0 aliphatic heterocycles. The third-order valence-electron chi connectivity index (χ3n) is 3.08. The van der Waals surface area contributed by atoms with Gasteiger partial charge in [-0.15, -0.1) is 10.2 Å². The van der Waals surface area contributed by atoms with Crippen molar-refractivity contribution in [1.29, 1.82) is 0 Å². The van der Waals surface area contributed by atoms with Gasteiger partial charge in [0.25, 0.3) is 0 Å². The van der Waals surface area contributed by atoms with E-state index in [4.69, 9.17) is 11.6 Å². The molecule has 0 fully saturated rings. The maximum atomic E-state index is 5.89. The van der Waals surface area contributed by atoms with Gasteiger partial charge in [0.2, 0.25) is 0 Å². The third-order valence-corrected chi connectivity index (χ3v) is 4.85. The largest absolute Gasteiger partial charge is 0.149 e. The molecule has 0 aliphatic carbocycles. The van der Waals surface area contributed by atoms with Crippen LogP contribution < -0.4 is 0 Å². The molecule has 0 atom stereocenters. The van der Waals surface area contributed by atoms with Crippen LogP contribution >= 0.6 is 39.3 Å². The predicted molar refractivity (Wildman–Crippen MR) is 96.2 cm³/mol. The summed E-state index contributed by atoms with van der Waals surface area (Å²) in [5, 5.41) is 10.2. The van der Waals surface area contributed by atoms with Gasteiger partial charge in [0.1, 0.15) is 5.03 Å². The van der Waals surface area contributed by atoms with Crippen LogP contribution in [-0.4, -0.2) is 10.2 Å². The van der Waals surface area contributed by atoms with Crippen molar-refractivity contribution in [1.82, 2.24) is 10.2 Å². The first-order valence-electron chi connectivity index (χ1n) is 6.67. The number of rotatable bonds is 4. The standard InChI is InChI=1S/C17H12BrClN2S/c18-14-5-1-12(2-6-14)11-22-17-10-9-16(20-21-17)13-3-7-15(19)8-4-13/h1-10H,11H2. The van der Waals surface area contributed by atoms with Crippen LogP contribution in [0, 0.1) is 0 Å². The van der Waals surface area contributed by atoms with Crippen molar-refractivity contribution in [2.24, 2.45) is 0 Å². The fraction of sp³-hybridized carbons (Fsp3) is 0.0588. The minimum absolute atomic E-state index is 0.721. The maximum Gasteiger partial charge on any atom is 0.119 e. The number of halogens is 2. The van der Waals surface area contributed by atoms with Crippen molar-refractivity contribution < 1.29 is 0 Å². The van der Waals surface area contributed by atoms with Gasteiger partial charge >= 0.3 is 0 Å². The zero-order valence-electron chi connectivity index (χ0n) is 11.5. The van der Waals surface area contributed by atoms with Crippen LogP contribution in [0.2, 0.25) is 5.02 Å². The van der Waals surface area contributed by atoms with Crippen molar-refractivity contribution in [2.45, 2.75) is 10.8 Å². The molecule has 0 N–H and O–H groups in total. The van der Waals surface area contributed by atoms with E-state index in [2.05, 4.69) is 38.3 Å². The lowest BCUT2D eigenvalue weighted by Gasteiger charge is -2.03. The molecule has 5 heteroatoms. The van der Waals surface area contributed by atoms with E-state index >= 15 is 0 Å². The molecule has 22 heavy (non-hydrogen) atoms. The SMILES string of the molecule is Clc1ccc(-c2ccc(SCc3ccc(Br)cc3)nn2)cc1. The van der Waals surface area contributed by atoms with Crippen LogP contribution in [0.25, 0.3) is 11.3 Å². The van der Waals surface area contributed by atoms with Gasteiger partial charge in [0.15, 0.2) is 0 Å². The van der Waals surface area contributed by atoms with Crippen molar-refractivity contribution in [3.63, 3.8) is 0 Å². The van der Waals surface area contributed by atoms with E-state index in [0.29, 0.717) is 0 Å². The highest BCUT2D eigenvalue weighted by molar-refractivity contribution is 9.10. The van der Waals surface area contributed by atoms with Gasteiger partial charge in [-0.3, -0.25) is 0 Å². The zero-order chi connectivity index (χ0) is 15.4. The Balaban J connectivity index is 1.66. The Hall–Kier alpha value is -1.36. The number of thioether (sulfide) groups is 1. The number of nitrogens with zero attached hydrogens (tertiary/aromatic N) is 2. The average Bonchev–Trinajstić information content (AvgIpc) is 2.56. The first-order chi connectivity index (χ1) is 10.7. The van der Waals surface area contributed by atoms with E-state index in [1.165, 1.54) is 5.56 Å². The van der Waals surface area contributed by atoms with Crippen molar-refractivity contribution in [3.05, 3.63) is 75.7 Å². The fourth-order valence-corrected chi connectivity index (χ4v) is 3.07. The minimum Gasteiger partial charge on any atom is -0.149 e. The van der Waals surface area contributed by atoms with Gasteiger partial charge in [0, 0.05) is 20.8 Å². The zero-order valence-corrected chi connectivity index (χ0v) is 14.7. The lowest BCUT2D eigenvalue weighted by atomic mass is 10.1. The van der Waals surface area contributed by atoms with E-state index in [1.807, 2.05) is 48.5 Å². The molecule has 0 spiro atoms. The van der Waals surface area contributed by atoms with Crippen LogP contribution in [0.1, 0.15) is 5.56 Å². The van der Waals surface area contributed by atoms with E-state index in [1.54, 1.807) is 11.8 Å². The summed E-state index contributed by atoms with van der Waals surface area (Å²) >= 11 is 11.0. The molecule has 0 radical (unpaired) electrons.